The molecule has 3 atom stereocenters. The van der Waals surface area contributed by atoms with Crippen LogP contribution in [0.25, 0.3) is 0 Å². The van der Waals surface area contributed by atoms with Gasteiger partial charge in [-0.15, -0.1) is 0 Å². The first-order chi connectivity index (χ1) is 8.34. The average molecular weight is 235 g/mol. The molecule has 2 saturated carbocycles. The van der Waals surface area contributed by atoms with E-state index in [0.717, 1.165) is 23.2 Å². The fraction of sp³-hybridized carbons (Fsp3) is 1.00. The van der Waals surface area contributed by atoms with Gasteiger partial charge >= 0.3 is 0 Å². The summed E-state index contributed by atoms with van der Waals surface area (Å²) >= 11 is 0. The van der Waals surface area contributed by atoms with Crippen LogP contribution in [0.5, 0.6) is 0 Å². The van der Waals surface area contributed by atoms with E-state index in [9.17, 15) is 0 Å². The quantitative estimate of drug-likeness (QED) is 0.763. The van der Waals surface area contributed by atoms with Gasteiger partial charge in [0.05, 0.1) is 0 Å². The molecular weight excluding hydrogens is 206 g/mol. The van der Waals surface area contributed by atoms with E-state index in [0.29, 0.717) is 0 Å². The molecule has 1 nitrogen and oxygen atoms in total. The zero-order chi connectivity index (χ0) is 11.7. The number of rotatable bonds is 2. The Balaban J connectivity index is 1.75. The second-order valence-corrected chi connectivity index (χ2v) is 6.98. The molecule has 3 rings (SSSR count). The third-order valence-corrected chi connectivity index (χ3v) is 6.24. The molecule has 1 spiro atoms. The zero-order valence-electron chi connectivity index (χ0n) is 11.5. The topological polar surface area (TPSA) is 12.0 Å². The molecule has 17 heavy (non-hydrogen) atoms. The molecule has 3 fully saturated rings. The molecule has 1 N–H and O–H groups in total. The fourth-order valence-electron chi connectivity index (χ4n) is 5.21. The Kier molecular flexibility index (Phi) is 3.47. The highest BCUT2D eigenvalue weighted by Crippen LogP contribution is 2.55. The zero-order valence-corrected chi connectivity index (χ0v) is 11.5. The Morgan fingerprint density at radius 1 is 1.12 bits per heavy atom. The van der Waals surface area contributed by atoms with E-state index in [1.54, 1.807) is 12.8 Å². The van der Waals surface area contributed by atoms with Gasteiger partial charge in [0.2, 0.25) is 0 Å². The highest BCUT2D eigenvalue weighted by atomic mass is 14.9. The monoisotopic (exact) mass is 235 g/mol. The maximum absolute atomic E-state index is 3.70. The minimum atomic E-state index is 0.765. The number of hydrogen-bond donors (Lipinski definition) is 1. The van der Waals surface area contributed by atoms with E-state index < -0.39 is 0 Å². The Morgan fingerprint density at radius 2 is 1.94 bits per heavy atom. The van der Waals surface area contributed by atoms with E-state index in [-0.39, 0.29) is 0 Å². The van der Waals surface area contributed by atoms with Gasteiger partial charge in [-0.1, -0.05) is 39.0 Å². The first-order valence-electron chi connectivity index (χ1n) is 8.05. The smallest absolute Gasteiger partial charge is 0.00125 e. The fourth-order valence-corrected chi connectivity index (χ4v) is 5.21. The molecule has 1 saturated heterocycles. The maximum atomic E-state index is 3.70. The van der Waals surface area contributed by atoms with Gasteiger partial charge in [0, 0.05) is 0 Å². The lowest BCUT2D eigenvalue weighted by Crippen LogP contribution is -2.46. The van der Waals surface area contributed by atoms with Crippen LogP contribution in [0.1, 0.15) is 64.7 Å². The number of nitrogens with one attached hydrogen (secondary N) is 1. The molecule has 3 aliphatic rings. The van der Waals surface area contributed by atoms with E-state index in [4.69, 9.17) is 0 Å². The van der Waals surface area contributed by atoms with Crippen LogP contribution < -0.4 is 5.32 Å². The van der Waals surface area contributed by atoms with E-state index in [1.165, 1.54) is 58.0 Å². The molecule has 0 radical (unpaired) electrons. The second-order valence-electron chi connectivity index (χ2n) is 6.98. The van der Waals surface area contributed by atoms with Crippen molar-refractivity contribution in [3.05, 3.63) is 0 Å². The van der Waals surface area contributed by atoms with Crippen LogP contribution in [-0.2, 0) is 0 Å². The predicted molar refractivity (Wildman–Crippen MR) is 73.0 cm³/mol. The molecule has 0 aromatic heterocycles. The van der Waals surface area contributed by atoms with Crippen molar-refractivity contribution in [2.75, 3.05) is 13.1 Å². The van der Waals surface area contributed by atoms with Crippen molar-refractivity contribution in [3.63, 3.8) is 0 Å². The van der Waals surface area contributed by atoms with E-state index in [2.05, 4.69) is 12.2 Å². The Labute approximate surface area is 107 Å². The van der Waals surface area contributed by atoms with Crippen molar-refractivity contribution in [1.82, 2.24) is 5.32 Å². The van der Waals surface area contributed by atoms with Crippen LogP contribution in [0.4, 0.5) is 0 Å². The van der Waals surface area contributed by atoms with E-state index in [1.807, 2.05) is 0 Å². The largest absolute Gasteiger partial charge is 0.316 e. The predicted octanol–water partition coefficient (Wildman–Crippen LogP) is 3.98. The Morgan fingerprint density at radius 3 is 2.65 bits per heavy atom. The highest BCUT2D eigenvalue weighted by molar-refractivity contribution is 5.00. The lowest BCUT2D eigenvalue weighted by molar-refractivity contribution is 0.0621. The van der Waals surface area contributed by atoms with Crippen LogP contribution in [0.15, 0.2) is 0 Å². The standard InChI is InChI=1S/C16H29N/c1-2-13-7-8-16(11-13)9-10-17-12-15(16)14-5-3-4-6-14/h13-15,17H,2-12H2,1H3. The number of piperidine rings is 1. The van der Waals surface area contributed by atoms with Crippen molar-refractivity contribution in [2.24, 2.45) is 23.2 Å². The molecule has 0 aromatic rings. The van der Waals surface area contributed by atoms with Crippen LogP contribution in [-0.4, -0.2) is 13.1 Å². The summed E-state index contributed by atoms with van der Waals surface area (Å²) in [7, 11) is 0. The van der Waals surface area contributed by atoms with Crippen molar-refractivity contribution in [1.29, 1.82) is 0 Å². The molecule has 3 unspecified atom stereocenters. The molecule has 1 aliphatic heterocycles. The van der Waals surface area contributed by atoms with Gasteiger partial charge in [-0.2, -0.15) is 0 Å². The van der Waals surface area contributed by atoms with Gasteiger partial charge < -0.3 is 5.32 Å². The summed E-state index contributed by atoms with van der Waals surface area (Å²) < 4.78 is 0. The summed E-state index contributed by atoms with van der Waals surface area (Å²) in [5.41, 5.74) is 0.765. The summed E-state index contributed by atoms with van der Waals surface area (Å²) in [4.78, 5) is 0. The summed E-state index contributed by atoms with van der Waals surface area (Å²) in [5.74, 6) is 3.14. The minimum Gasteiger partial charge on any atom is -0.316 e. The van der Waals surface area contributed by atoms with Gasteiger partial charge in [-0.05, 0) is 61.9 Å². The van der Waals surface area contributed by atoms with Crippen molar-refractivity contribution >= 4 is 0 Å². The molecule has 0 bridgehead atoms. The molecule has 0 aromatic carbocycles. The van der Waals surface area contributed by atoms with Crippen LogP contribution in [0.2, 0.25) is 0 Å². The first-order valence-corrected chi connectivity index (χ1v) is 8.05. The van der Waals surface area contributed by atoms with Crippen molar-refractivity contribution in [3.8, 4) is 0 Å². The Hall–Kier alpha value is -0.0400. The second kappa shape index (κ2) is 4.91. The first kappa shape index (κ1) is 12.0. The third kappa shape index (κ3) is 2.16. The SMILES string of the molecule is CCC1CCC2(CCNCC2C2CCCC2)C1. The lowest BCUT2D eigenvalue weighted by Gasteiger charge is -2.45. The molecule has 2 aliphatic carbocycles. The van der Waals surface area contributed by atoms with Crippen LogP contribution >= 0.6 is 0 Å². The normalized spacial score (nSPS) is 43.6. The van der Waals surface area contributed by atoms with Gasteiger partial charge in [0.1, 0.15) is 0 Å². The molecular formula is C16H29N. The third-order valence-electron chi connectivity index (χ3n) is 6.24. The van der Waals surface area contributed by atoms with Gasteiger partial charge in [0.25, 0.3) is 0 Å². The highest BCUT2D eigenvalue weighted by Gasteiger charge is 2.48. The summed E-state index contributed by atoms with van der Waals surface area (Å²) in [6.07, 6.45) is 13.6. The average Bonchev–Trinajstić information content (AvgIpc) is 3.00. The van der Waals surface area contributed by atoms with Gasteiger partial charge in [-0.3, -0.25) is 0 Å². The molecule has 1 heterocycles. The lowest BCUT2D eigenvalue weighted by atomic mass is 9.63. The number of hydrogen-bond acceptors (Lipinski definition) is 1. The van der Waals surface area contributed by atoms with Crippen LogP contribution in [0, 0.1) is 23.2 Å². The Bertz CT molecular complexity index is 256. The molecule has 1 heteroatoms. The molecule has 0 amide bonds. The van der Waals surface area contributed by atoms with Crippen molar-refractivity contribution in [2.45, 2.75) is 64.7 Å². The van der Waals surface area contributed by atoms with Gasteiger partial charge in [0.15, 0.2) is 0 Å². The van der Waals surface area contributed by atoms with Gasteiger partial charge in [-0.25, -0.2) is 0 Å². The summed E-state index contributed by atoms with van der Waals surface area (Å²) in [5, 5.41) is 3.70. The van der Waals surface area contributed by atoms with E-state index >= 15 is 0 Å². The maximum Gasteiger partial charge on any atom is -0.00125 e. The minimum absolute atomic E-state index is 0.765. The summed E-state index contributed by atoms with van der Waals surface area (Å²) in [6, 6.07) is 0. The van der Waals surface area contributed by atoms with Crippen molar-refractivity contribution < 1.29 is 0 Å². The molecule has 98 valence electrons. The summed E-state index contributed by atoms with van der Waals surface area (Å²) in [6.45, 7) is 5.02. The van der Waals surface area contributed by atoms with Crippen LogP contribution in [0.3, 0.4) is 0 Å².